The Bertz CT molecular complexity index is 901. The van der Waals surface area contributed by atoms with E-state index in [4.69, 9.17) is 16.6 Å². The van der Waals surface area contributed by atoms with Crippen molar-refractivity contribution in [1.29, 1.82) is 0 Å². The highest BCUT2D eigenvalue weighted by atomic mass is 127. The van der Waals surface area contributed by atoms with E-state index in [2.05, 4.69) is 5.32 Å². The van der Waals surface area contributed by atoms with Crippen LogP contribution in [-0.2, 0) is 9.59 Å². The third-order valence-electron chi connectivity index (χ3n) is 3.73. The van der Waals surface area contributed by atoms with Crippen molar-refractivity contribution in [3.8, 4) is 0 Å². The zero-order valence-electron chi connectivity index (χ0n) is 12.9. The molecule has 1 aliphatic heterocycles. The minimum atomic E-state index is -0.531. The first-order valence-electron chi connectivity index (χ1n) is 7.11. The van der Waals surface area contributed by atoms with Crippen molar-refractivity contribution in [1.82, 2.24) is 5.32 Å². The first-order valence-corrected chi connectivity index (χ1v) is 8.59. The van der Waals surface area contributed by atoms with E-state index in [-0.39, 0.29) is 10.7 Å². The minimum Gasteiger partial charge on any atom is -0.451 e. The third-order valence-corrected chi connectivity index (χ3v) is 4.60. The van der Waals surface area contributed by atoms with Crippen LogP contribution < -0.4 is 10.2 Å². The second-order valence-electron chi connectivity index (χ2n) is 5.37. The van der Waals surface area contributed by atoms with Gasteiger partial charge in [-0.05, 0) is 90.1 Å². The molecule has 1 saturated heterocycles. The normalized spacial score (nSPS) is 16.7. The largest absolute Gasteiger partial charge is 0.451 e. The van der Waals surface area contributed by atoms with Crippen LogP contribution in [0.4, 0.5) is 5.69 Å². The molecule has 1 aliphatic rings. The molecule has 0 radical (unpaired) electrons. The van der Waals surface area contributed by atoms with Gasteiger partial charge >= 0.3 is 0 Å². The Kier molecular flexibility index (Phi) is 4.55. The Balaban J connectivity index is 2.02. The molecular formula is C17H13IN2O3S. The molecule has 2 aromatic rings. The van der Waals surface area contributed by atoms with Crippen LogP contribution in [0.15, 0.2) is 40.3 Å². The molecular weight excluding hydrogens is 439 g/mol. The van der Waals surface area contributed by atoms with Gasteiger partial charge in [-0.1, -0.05) is 6.07 Å². The molecule has 7 heteroatoms. The molecule has 0 bridgehead atoms. The van der Waals surface area contributed by atoms with E-state index >= 15 is 0 Å². The summed E-state index contributed by atoms with van der Waals surface area (Å²) in [4.78, 5) is 26.3. The van der Waals surface area contributed by atoms with Gasteiger partial charge in [0, 0.05) is 0 Å². The standard InChI is InChI=1S/C17H13IN2O3S/c1-9-3-4-11(7-10(9)2)20-16(22)13(15(21)19-17(20)24)8-12-5-6-14(18)23-12/h3-8H,1-2H3,(H,19,21,24). The third kappa shape index (κ3) is 3.13. The second-order valence-corrected chi connectivity index (χ2v) is 6.82. The molecule has 0 saturated carbocycles. The maximum absolute atomic E-state index is 12.8. The number of hydrogen-bond acceptors (Lipinski definition) is 4. The monoisotopic (exact) mass is 452 g/mol. The fourth-order valence-corrected chi connectivity index (χ4v) is 3.02. The number of carbonyl (C=O) groups excluding carboxylic acids is 2. The summed E-state index contributed by atoms with van der Waals surface area (Å²) in [6.45, 7) is 3.94. The molecule has 122 valence electrons. The number of nitrogens with zero attached hydrogens (tertiary/aromatic N) is 1. The van der Waals surface area contributed by atoms with Gasteiger partial charge in [-0.15, -0.1) is 0 Å². The predicted octanol–water partition coefficient (Wildman–Crippen LogP) is 3.33. The van der Waals surface area contributed by atoms with Crippen LogP contribution in [-0.4, -0.2) is 16.9 Å². The van der Waals surface area contributed by atoms with Gasteiger partial charge in [0.05, 0.1) is 5.69 Å². The Morgan fingerprint density at radius 1 is 1.17 bits per heavy atom. The van der Waals surface area contributed by atoms with Crippen LogP contribution in [0, 0.1) is 17.6 Å². The number of rotatable bonds is 2. The molecule has 1 N–H and O–H groups in total. The van der Waals surface area contributed by atoms with Gasteiger partial charge in [-0.25, -0.2) is 0 Å². The van der Waals surface area contributed by atoms with Crippen molar-refractivity contribution in [2.45, 2.75) is 13.8 Å². The first-order chi connectivity index (χ1) is 11.4. The fraction of sp³-hybridized carbons (Fsp3) is 0.118. The predicted molar refractivity (Wildman–Crippen MR) is 104 cm³/mol. The van der Waals surface area contributed by atoms with Crippen molar-refractivity contribution >= 4 is 63.5 Å². The lowest BCUT2D eigenvalue weighted by atomic mass is 10.1. The van der Waals surface area contributed by atoms with Crippen LogP contribution in [0.5, 0.6) is 0 Å². The fourth-order valence-electron chi connectivity index (χ4n) is 2.30. The average Bonchev–Trinajstić information content (AvgIpc) is 2.92. The number of furan rings is 1. The lowest BCUT2D eigenvalue weighted by molar-refractivity contribution is -0.122. The van der Waals surface area contributed by atoms with Crippen LogP contribution in [0.1, 0.15) is 16.9 Å². The van der Waals surface area contributed by atoms with Crippen molar-refractivity contribution < 1.29 is 14.0 Å². The molecule has 5 nitrogen and oxygen atoms in total. The molecule has 2 amide bonds. The van der Waals surface area contributed by atoms with Gasteiger partial charge in [0.15, 0.2) is 8.88 Å². The van der Waals surface area contributed by atoms with Crippen LogP contribution in [0.25, 0.3) is 6.08 Å². The summed E-state index contributed by atoms with van der Waals surface area (Å²) in [5, 5.41) is 2.62. The summed E-state index contributed by atoms with van der Waals surface area (Å²) in [5.41, 5.74) is 2.74. The molecule has 0 unspecified atom stereocenters. The molecule has 3 rings (SSSR count). The molecule has 2 heterocycles. The lowest BCUT2D eigenvalue weighted by Crippen LogP contribution is -2.54. The summed E-state index contributed by atoms with van der Waals surface area (Å²) in [6.07, 6.45) is 1.43. The van der Waals surface area contributed by atoms with Crippen LogP contribution in [0.3, 0.4) is 0 Å². The zero-order chi connectivity index (χ0) is 17.4. The maximum atomic E-state index is 12.8. The summed E-state index contributed by atoms with van der Waals surface area (Å²) in [6, 6.07) is 9.03. The molecule has 24 heavy (non-hydrogen) atoms. The number of carbonyl (C=O) groups is 2. The highest BCUT2D eigenvalue weighted by Gasteiger charge is 2.34. The number of halogens is 1. The van der Waals surface area contributed by atoms with E-state index in [1.54, 1.807) is 18.2 Å². The minimum absolute atomic E-state index is 0.0208. The topological polar surface area (TPSA) is 62.6 Å². The van der Waals surface area contributed by atoms with Gasteiger partial charge in [0.1, 0.15) is 11.3 Å². The molecule has 1 aromatic heterocycles. The Morgan fingerprint density at radius 3 is 2.54 bits per heavy atom. The van der Waals surface area contributed by atoms with Crippen LogP contribution in [0.2, 0.25) is 0 Å². The van der Waals surface area contributed by atoms with E-state index in [1.165, 1.54) is 11.0 Å². The molecule has 0 atom stereocenters. The number of benzene rings is 1. The zero-order valence-corrected chi connectivity index (χ0v) is 15.9. The lowest BCUT2D eigenvalue weighted by Gasteiger charge is -2.29. The van der Waals surface area contributed by atoms with Gasteiger partial charge in [-0.3, -0.25) is 19.8 Å². The smallest absolute Gasteiger partial charge is 0.270 e. The summed E-state index contributed by atoms with van der Waals surface area (Å²) >= 11 is 7.20. The molecule has 1 aromatic carbocycles. The van der Waals surface area contributed by atoms with E-state index in [0.717, 1.165) is 11.1 Å². The van der Waals surface area contributed by atoms with Gasteiger partial charge in [0.25, 0.3) is 11.8 Å². The van der Waals surface area contributed by atoms with Crippen molar-refractivity contribution in [3.05, 3.63) is 56.6 Å². The molecule has 0 aliphatic carbocycles. The Morgan fingerprint density at radius 2 is 1.92 bits per heavy atom. The second kappa shape index (κ2) is 6.48. The number of amides is 2. The van der Waals surface area contributed by atoms with E-state index in [0.29, 0.717) is 15.2 Å². The number of nitrogens with one attached hydrogen (secondary N) is 1. The maximum Gasteiger partial charge on any atom is 0.270 e. The van der Waals surface area contributed by atoms with Crippen molar-refractivity contribution in [2.24, 2.45) is 0 Å². The van der Waals surface area contributed by atoms with E-state index in [9.17, 15) is 9.59 Å². The number of hydrogen-bond donors (Lipinski definition) is 1. The number of anilines is 1. The number of thiocarbonyl (C=S) groups is 1. The highest BCUT2D eigenvalue weighted by molar-refractivity contribution is 14.1. The van der Waals surface area contributed by atoms with E-state index in [1.807, 2.05) is 48.6 Å². The molecule has 0 spiro atoms. The van der Waals surface area contributed by atoms with E-state index < -0.39 is 11.8 Å². The summed E-state index contributed by atoms with van der Waals surface area (Å²) in [5.74, 6) is -0.569. The number of aryl methyl sites for hydroxylation is 2. The Labute approximate surface area is 157 Å². The SMILES string of the molecule is Cc1ccc(N2C(=O)C(=Cc3ccc(I)o3)C(=O)NC2=S)cc1C. The van der Waals surface area contributed by atoms with Crippen molar-refractivity contribution in [3.63, 3.8) is 0 Å². The average molecular weight is 452 g/mol. The van der Waals surface area contributed by atoms with Gasteiger partial charge in [0.2, 0.25) is 0 Å². The Hall–Kier alpha value is -2.00. The van der Waals surface area contributed by atoms with Crippen molar-refractivity contribution in [2.75, 3.05) is 4.90 Å². The summed E-state index contributed by atoms with van der Waals surface area (Å²) in [7, 11) is 0. The van der Waals surface area contributed by atoms with Gasteiger partial charge < -0.3 is 4.42 Å². The van der Waals surface area contributed by atoms with Gasteiger partial charge in [-0.2, -0.15) is 0 Å². The van der Waals surface area contributed by atoms with Crippen LogP contribution >= 0.6 is 34.8 Å². The highest BCUT2D eigenvalue weighted by Crippen LogP contribution is 2.24. The quantitative estimate of drug-likeness (QED) is 0.329. The first kappa shape index (κ1) is 16.8. The summed E-state index contributed by atoms with van der Waals surface area (Å²) < 4.78 is 6.08. The molecule has 1 fully saturated rings.